The lowest BCUT2D eigenvalue weighted by Gasteiger charge is -2.26. The first-order valence-electron chi connectivity index (χ1n) is 4.45. The van der Waals surface area contributed by atoms with Gasteiger partial charge in [0.1, 0.15) is 11.6 Å². The summed E-state index contributed by atoms with van der Waals surface area (Å²) in [7, 11) is 0. The van der Waals surface area contributed by atoms with Crippen molar-refractivity contribution in [2.45, 2.75) is 18.6 Å². The second-order valence-electron chi connectivity index (χ2n) is 3.38. The molecule has 1 aliphatic rings. The summed E-state index contributed by atoms with van der Waals surface area (Å²) in [5.74, 6) is -1.59. The molecule has 0 bridgehead atoms. The SMILES string of the molecule is O=C(O)[C@H]1C[C@H](O)c2ccc(F)cc2O1. The molecule has 0 unspecified atom stereocenters. The van der Waals surface area contributed by atoms with E-state index in [1.807, 2.05) is 0 Å². The maximum absolute atomic E-state index is 12.8. The summed E-state index contributed by atoms with van der Waals surface area (Å²) in [6, 6.07) is 3.67. The van der Waals surface area contributed by atoms with Crippen LogP contribution in [0.4, 0.5) is 4.39 Å². The predicted octanol–water partition coefficient (Wildman–Crippen LogP) is 1.09. The molecule has 1 aromatic carbocycles. The van der Waals surface area contributed by atoms with Crippen molar-refractivity contribution in [2.75, 3.05) is 0 Å². The first-order valence-corrected chi connectivity index (χ1v) is 4.45. The van der Waals surface area contributed by atoms with Crippen LogP contribution < -0.4 is 4.74 Å². The van der Waals surface area contributed by atoms with Crippen molar-refractivity contribution in [1.82, 2.24) is 0 Å². The van der Waals surface area contributed by atoms with Crippen molar-refractivity contribution in [3.05, 3.63) is 29.6 Å². The van der Waals surface area contributed by atoms with E-state index in [4.69, 9.17) is 9.84 Å². The van der Waals surface area contributed by atoms with Crippen molar-refractivity contribution in [2.24, 2.45) is 0 Å². The summed E-state index contributed by atoms with van der Waals surface area (Å²) < 4.78 is 17.9. The smallest absolute Gasteiger partial charge is 0.345 e. The molecule has 1 aromatic rings. The highest BCUT2D eigenvalue weighted by Crippen LogP contribution is 2.35. The molecule has 0 radical (unpaired) electrons. The van der Waals surface area contributed by atoms with E-state index in [1.54, 1.807) is 0 Å². The molecular weight excluding hydrogens is 203 g/mol. The highest BCUT2D eigenvalue weighted by molar-refractivity contribution is 5.73. The molecule has 4 nitrogen and oxygen atoms in total. The molecule has 2 atom stereocenters. The standard InChI is InChI=1S/C10H9FO4/c11-5-1-2-6-7(12)4-9(10(13)14)15-8(6)3-5/h1-3,7,9,12H,4H2,(H,13,14)/t7-,9+/m0/s1. The van der Waals surface area contributed by atoms with E-state index in [0.717, 1.165) is 6.07 Å². The van der Waals surface area contributed by atoms with Crippen molar-refractivity contribution in [3.8, 4) is 5.75 Å². The molecule has 2 N–H and O–H groups in total. The third kappa shape index (κ3) is 1.78. The van der Waals surface area contributed by atoms with Crippen LogP contribution in [0, 0.1) is 5.82 Å². The van der Waals surface area contributed by atoms with E-state index >= 15 is 0 Å². The van der Waals surface area contributed by atoms with Crippen molar-refractivity contribution < 1.29 is 24.1 Å². The summed E-state index contributed by atoms with van der Waals surface area (Å²) in [6.07, 6.45) is -2.06. The van der Waals surface area contributed by atoms with Gasteiger partial charge in [0, 0.05) is 18.1 Å². The molecule has 1 heterocycles. The van der Waals surface area contributed by atoms with Gasteiger partial charge in [-0.05, 0) is 12.1 Å². The zero-order chi connectivity index (χ0) is 11.0. The average molecular weight is 212 g/mol. The van der Waals surface area contributed by atoms with Gasteiger partial charge in [0.25, 0.3) is 0 Å². The highest BCUT2D eigenvalue weighted by atomic mass is 19.1. The van der Waals surface area contributed by atoms with Gasteiger partial charge < -0.3 is 14.9 Å². The summed E-state index contributed by atoms with van der Waals surface area (Å²) in [5.41, 5.74) is 0.425. The summed E-state index contributed by atoms with van der Waals surface area (Å²) in [4.78, 5) is 10.7. The van der Waals surface area contributed by atoms with Crippen LogP contribution in [-0.2, 0) is 4.79 Å². The molecule has 80 valence electrons. The second-order valence-corrected chi connectivity index (χ2v) is 3.38. The molecule has 2 rings (SSSR count). The number of aliphatic hydroxyl groups excluding tert-OH is 1. The van der Waals surface area contributed by atoms with Crippen LogP contribution in [0.2, 0.25) is 0 Å². The topological polar surface area (TPSA) is 66.8 Å². The van der Waals surface area contributed by atoms with E-state index in [2.05, 4.69) is 0 Å². The van der Waals surface area contributed by atoms with E-state index in [0.29, 0.717) is 5.56 Å². The molecule has 0 aromatic heterocycles. The zero-order valence-electron chi connectivity index (χ0n) is 7.68. The lowest BCUT2D eigenvalue weighted by Crippen LogP contribution is -2.32. The number of benzene rings is 1. The summed E-state index contributed by atoms with van der Waals surface area (Å²) in [6.45, 7) is 0. The van der Waals surface area contributed by atoms with Gasteiger partial charge in [0.2, 0.25) is 0 Å². The largest absolute Gasteiger partial charge is 0.479 e. The molecule has 0 saturated heterocycles. The maximum Gasteiger partial charge on any atom is 0.345 e. The lowest BCUT2D eigenvalue weighted by molar-refractivity contribution is -0.147. The van der Waals surface area contributed by atoms with Gasteiger partial charge in [-0.2, -0.15) is 0 Å². The quantitative estimate of drug-likeness (QED) is 0.731. The van der Waals surface area contributed by atoms with Crippen molar-refractivity contribution in [1.29, 1.82) is 0 Å². The zero-order valence-corrected chi connectivity index (χ0v) is 7.68. The molecule has 0 spiro atoms. The first-order chi connectivity index (χ1) is 7.08. The van der Waals surface area contributed by atoms with Crippen LogP contribution in [0.5, 0.6) is 5.75 Å². The molecule has 0 amide bonds. The van der Waals surface area contributed by atoms with Crippen molar-refractivity contribution in [3.63, 3.8) is 0 Å². The fraction of sp³-hybridized carbons (Fsp3) is 0.300. The molecule has 0 aliphatic carbocycles. The Kier molecular flexibility index (Phi) is 2.32. The second kappa shape index (κ2) is 3.51. The molecule has 1 aliphatic heterocycles. The Morgan fingerprint density at radius 1 is 1.53 bits per heavy atom. The van der Waals surface area contributed by atoms with Gasteiger partial charge in [-0.25, -0.2) is 9.18 Å². The van der Waals surface area contributed by atoms with E-state index in [1.165, 1.54) is 12.1 Å². The minimum atomic E-state index is -1.16. The van der Waals surface area contributed by atoms with Crippen LogP contribution in [-0.4, -0.2) is 22.3 Å². The average Bonchev–Trinajstić information content (AvgIpc) is 2.16. The molecule has 15 heavy (non-hydrogen) atoms. The third-order valence-corrected chi connectivity index (χ3v) is 2.32. The normalized spacial score (nSPS) is 24.1. The fourth-order valence-electron chi connectivity index (χ4n) is 1.57. The molecule has 0 fully saturated rings. The van der Waals surface area contributed by atoms with Crippen molar-refractivity contribution >= 4 is 5.97 Å². The third-order valence-electron chi connectivity index (χ3n) is 2.32. The Balaban J connectivity index is 2.37. The molecular formula is C10H9FO4. The van der Waals surface area contributed by atoms with Gasteiger partial charge in [-0.1, -0.05) is 0 Å². The number of fused-ring (bicyclic) bond motifs is 1. The van der Waals surface area contributed by atoms with Crippen LogP contribution in [0.1, 0.15) is 18.1 Å². The molecule has 5 heteroatoms. The molecule has 0 saturated carbocycles. The number of ether oxygens (including phenoxy) is 1. The Bertz CT molecular complexity index is 404. The predicted molar refractivity (Wildman–Crippen MR) is 48.0 cm³/mol. The van der Waals surface area contributed by atoms with E-state index in [9.17, 15) is 14.3 Å². The van der Waals surface area contributed by atoms with Gasteiger partial charge >= 0.3 is 5.97 Å². The van der Waals surface area contributed by atoms with Gasteiger partial charge in [-0.3, -0.25) is 0 Å². The number of aliphatic carboxylic acids is 1. The number of hydrogen-bond acceptors (Lipinski definition) is 3. The van der Waals surface area contributed by atoms with Crippen LogP contribution in [0.15, 0.2) is 18.2 Å². The van der Waals surface area contributed by atoms with Crippen LogP contribution >= 0.6 is 0 Å². The number of carboxylic acid groups (broad SMARTS) is 1. The summed E-state index contributed by atoms with van der Waals surface area (Å²) in [5, 5.41) is 18.3. The Labute approximate surface area is 84.9 Å². The lowest BCUT2D eigenvalue weighted by atomic mass is 9.99. The Hall–Kier alpha value is -1.62. The number of rotatable bonds is 1. The van der Waals surface area contributed by atoms with Crippen LogP contribution in [0.3, 0.4) is 0 Å². The van der Waals surface area contributed by atoms with E-state index < -0.39 is 24.0 Å². The Morgan fingerprint density at radius 3 is 2.93 bits per heavy atom. The Morgan fingerprint density at radius 2 is 2.27 bits per heavy atom. The number of aliphatic hydroxyl groups is 1. The number of carbonyl (C=O) groups is 1. The number of hydrogen-bond donors (Lipinski definition) is 2. The number of carboxylic acids is 1. The van der Waals surface area contributed by atoms with Gasteiger partial charge in [0.05, 0.1) is 6.10 Å². The minimum absolute atomic E-state index is 0.0199. The summed E-state index contributed by atoms with van der Waals surface area (Å²) >= 11 is 0. The minimum Gasteiger partial charge on any atom is -0.479 e. The maximum atomic E-state index is 12.8. The highest BCUT2D eigenvalue weighted by Gasteiger charge is 2.31. The number of halogens is 1. The van der Waals surface area contributed by atoms with Crippen LogP contribution in [0.25, 0.3) is 0 Å². The fourth-order valence-corrected chi connectivity index (χ4v) is 1.57. The van der Waals surface area contributed by atoms with Gasteiger partial charge in [0.15, 0.2) is 6.10 Å². The first kappa shape index (κ1) is 9.92. The monoisotopic (exact) mass is 212 g/mol. The van der Waals surface area contributed by atoms with E-state index in [-0.39, 0.29) is 12.2 Å². The van der Waals surface area contributed by atoms with Gasteiger partial charge in [-0.15, -0.1) is 0 Å².